The van der Waals surface area contributed by atoms with Gasteiger partial charge in [0.2, 0.25) is 5.91 Å². The Bertz CT molecular complexity index is 1070. The van der Waals surface area contributed by atoms with Crippen LogP contribution in [0.15, 0.2) is 64.3 Å². The highest BCUT2D eigenvalue weighted by Crippen LogP contribution is 2.30. The molecule has 0 radical (unpaired) electrons. The van der Waals surface area contributed by atoms with E-state index in [9.17, 15) is 9.59 Å². The van der Waals surface area contributed by atoms with Crippen molar-refractivity contribution in [1.29, 1.82) is 0 Å². The van der Waals surface area contributed by atoms with Crippen molar-refractivity contribution in [3.8, 4) is 0 Å². The highest BCUT2D eigenvalue weighted by molar-refractivity contribution is 8.00. The maximum atomic E-state index is 12.6. The lowest BCUT2D eigenvalue weighted by Crippen LogP contribution is -2.32. The van der Waals surface area contributed by atoms with Crippen LogP contribution in [0.5, 0.6) is 0 Å². The molecule has 1 aliphatic carbocycles. The van der Waals surface area contributed by atoms with Crippen LogP contribution in [0.3, 0.4) is 0 Å². The molecule has 4 rings (SSSR count). The molecule has 5 heteroatoms. The van der Waals surface area contributed by atoms with Crippen LogP contribution in [0.25, 0.3) is 10.9 Å². The average Bonchev–Trinajstić information content (AvgIpc) is 2.72. The minimum atomic E-state index is -0.0229. The number of para-hydroxylation sites is 1. The average molecular weight is 393 g/mol. The van der Waals surface area contributed by atoms with E-state index in [0.29, 0.717) is 12.3 Å². The minimum Gasteiger partial charge on any atom is -0.349 e. The summed E-state index contributed by atoms with van der Waals surface area (Å²) in [5.41, 5.74) is 3.47. The first-order chi connectivity index (χ1) is 13.7. The van der Waals surface area contributed by atoms with E-state index in [-0.39, 0.29) is 17.5 Å². The molecule has 0 spiro atoms. The monoisotopic (exact) mass is 392 g/mol. The number of carbonyl (C=O) groups excluding carboxylic acids is 1. The van der Waals surface area contributed by atoms with Crippen LogP contribution in [0.1, 0.15) is 36.9 Å². The van der Waals surface area contributed by atoms with E-state index in [0.717, 1.165) is 35.1 Å². The van der Waals surface area contributed by atoms with Crippen LogP contribution in [-0.4, -0.2) is 16.2 Å². The van der Waals surface area contributed by atoms with Crippen LogP contribution >= 0.6 is 11.8 Å². The number of nitrogens with zero attached hydrogens (tertiary/aromatic N) is 1. The Kier molecular flexibility index (Phi) is 5.53. The maximum Gasteiger partial charge on any atom is 0.252 e. The summed E-state index contributed by atoms with van der Waals surface area (Å²) < 4.78 is 1.76. The van der Waals surface area contributed by atoms with Gasteiger partial charge in [0, 0.05) is 22.9 Å². The smallest absolute Gasteiger partial charge is 0.252 e. The van der Waals surface area contributed by atoms with Crippen molar-refractivity contribution in [1.82, 2.24) is 9.88 Å². The first-order valence-electron chi connectivity index (χ1n) is 9.80. The zero-order valence-corrected chi connectivity index (χ0v) is 16.8. The van der Waals surface area contributed by atoms with E-state index in [2.05, 4.69) is 23.5 Å². The van der Waals surface area contributed by atoms with Gasteiger partial charge < -0.3 is 9.88 Å². The second kappa shape index (κ2) is 8.23. The zero-order valence-electron chi connectivity index (χ0n) is 16.0. The van der Waals surface area contributed by atoms with Gasteiger partial charge in [-0.1, -0.05) is 42.5 Å². The largest absolute Gasteiger partial charge is 0.349 e. The van der Waals surface area contributed by atoms with Crippen LogP contribution in [-0.2, 0) is 17.8 Å². The molecule has 3 aromatic rings. The number of carbonyl (C=O) groups is 1. The molecule has 1 amide bonds. The number of pyridine rings is 1. The number of benzene rings is 2. The zero-order chi connectivity index (χ0) is 19.5. The Balaban J connectivity index is 1.50. The summed E-state index contributed by atoms with van der Waals surface area (Å²) in [5, 5.41) is 4.21. The molecule has 0 bridgehead atoms. The standard InChI is InChI=1S/C23H24N2O2S/c1-2-25-20-13-6-5-11-18(20)21(14-23(25)27)28-15-22(26)24-19-12-7-9-16-8-3-4-10-17(16)19/h3-6,8,10-11,13-14,19H,2,7,9,12,15H2,1H3,(H,24,26). The molecule has 4 nitrogen and oxygen atoms in total. The maximum absolute atomic E-state index is 12.6. The molecular weight excluding hydrogens is 368 g/mol. The van der Waals surface area contributed by atoms with E-state index in [4.69, 9.17) is 0 Å². The summed E-state index contributed by atoms with van der Waals surface area (Å²) in [5.74, 6) is 0.313. The van der Waals surface area contributed by atoms with Crippen LogP contribution < -0.4 is 10.9 Å². The highest BCUT2D eigenvalue weighted by Gasteiger charge is 2.21. The number of aromatic nitrogens is 1. The lowest BCUT2D eigenvalue weighted by Gasteiger charge is -2.26. The number of aryl methyl sites for hydroxylation is 2. The van der Waals surface area contributed by atoms with E-state index in [1.807, 2.05) is 37.3 Å². The fourth-order valence-electron chi connectivity index (χ4n) is 4.03. The number of hydrogen-bond acceptors (Lipinski definition) is 3. The first kappa shape index (κ1) is 18.8. The van der Waals surface area contributed by atoms with Gasteiger partial charge in [0.05, 0.1) is 17.3 Å². The Morgan fingerprint density at radius 2 is 1.96 bits per heavy atom. The molecule has 144 valence electrons. The van der Waals surface area contributed by atoms with Crippen molar-refractivity contribution in [3.63, 3.8) is 0 Å². The van der Waals surface area contributed by atoms with Gasteiger partial charge in [-0.2, -0.15) is 0 Å². The van der Waals surface area contributed by atoms with Crippen molar-refractivity contribution in [3.05, 3.63) is 76.1 Å². The Morgan fingerprint density at radius 1 is 1.18 bits per heavy atom. The molecule has 1 aromatic heterocycles. The van der Waals surface area contributed by atoms with Gasteiger partial charge >= 0.3 is 0 Å². The quantitative estimate of drug-likeness (QED) is 0.659. The van der Waals surface area contributed by atoms with Crippen molar-refractivity contribution < 1.29 is 4.79 Å². The fourth-order valence-corrected chi connectivity index (χ4v) is 4.91. The van der Waals surface area contributed by atoms with Crippen LogP contribution in [0, 0.1) is 0 Å². The number of fused-ring (bicyclic) bond motifs is 2. The third-order valence-corrected chi connectivity index (χ3v) is 6.42. The van der Waals surface area contributed by atoms with Crippen molar-refractivity contribution in [2.75, 3.05) is 5.75 Å². The number of nitrogens with one attached hydrogen (secondary N) is 1. The SMILES string of the molecule is CCn1c(=O)cc(SCC(=O)NC2CCCc3ccccc32)c2ccccc21. The normalized spacial score (nSPS) is 16.0. The third-order valence-electron chi connectivity index (χ3n) is 5.36. The molecule has 2 aromatic carbocycles. The summed E-state index contributed by atoms with van der Waals surface area (Å²) in [6.07, 6.45) is 3.15. The lowest BCUT2D eigenvalue weighted by atomic mass is 9.88. The molecule has 0 fully saturated rings. The number of rotatable bonds is 5. The van der Waals surface area contributed by atoms with Gasteiger partial charge in [-0.25, -0.2) is 0 Å². The number of amides is 1. The van der Waals surface area contributed by atoms with Crippen molar-refractivity contribution in [2.45, 2.75) is 43.7 Å². The number of thioether (sulfide) groups is 1. The van der Waals surface area contributed by atoms with Crippen molar-refractivity contribution >= 4 is 28.6 Å². The van der Waals surface area contributed by atoms with E-state index >= 15 is 0 Å². The van der Waals surface area contributed by atoms with Gasteiger partial charge in [-0.15, -0.1) is 11.8 Å². The summed E-state index contributed by atoms with van der Waals surface area (Å²) in [4.78, 5) is 25.9. The predicted octanol–water partition coefficient (Wildman–Crippen LogP) is 4.31. The molecular formula is C23H24N2O2S. The molecule has 1 N–H and O–H groups in total. The topological polar surface area (TPSA) is 51.1 Å². The van der Waals surface area contributed by atoms with Crippen LogP contribution in [0.4, 0.5) is 0 Å². The molecule has 1 unspecified atom stereocenters. The molecule has 28 heavy (non-hydrogen) atoms. The summed E-state index contributed by atoms with van der Waals surface area (Å²) >= 11 is 1.44. The predicted molar refractivity (Wildman–Crippen MR) is 115 cm³/mol. The molecule has 1 aliphatic rings. The second-order valence-corrected chi connectivity index (χ2v) is 8.13. The van der Waals surface area contributed by atoms with Gasteiger partial charge in [-0.3, -0.25) is 9.59 Å². The van der Waals surface area contributed by atoms with Gasteiger partial charge in [0.15, 0.2) is 0 Å². The van der Waals surface area contributed by atoms with Gasteiger partial charge in [0.1, 0.15) is 0 Å². The molecule has 0 aliphatic heterocycles. The minimum absolute atomic E-state index is 0.00968. The fraction of sp³-hybridized carbons (Fsp3) is 0.304. The number of hydrogen-bond donors (Lipinski definition) is 1. The summed E-state index contributed by atoms with van der Waals surface area (Å²) in [6, 6.07) is 18.0. The highest BCUT2D eigenvalue weighted by atomic mass is 32.2. The Labute approximate surface area is 169 Å². The first-order valence-corrected chi connectivity index (χ1v) is 10.8. The summed E-state index contributed by atoms with van der Waals surface area (Å²) in [6.45, 7) is 2.60. The second-order valence-electron chi connectivity index (χ2n) is 7.11. The molecule has 1 heterocycles. The molecule has 0 saturated heterocycles. The Morgan fingerprint density at radius 3 is 2.82 bits per heavy atom. The lowest BCUT2D eigenvalue weighted by molar-refractivity contribution is -0.119. The van der Waals surface area contributed by atoms with E-state index in [1.54, 1.807) is 10.6 Å². The van der Waals surface area contributed by atoms with E-state index in [1.165, 1.54) is 22.9 Å². The molecule has 1 atom stereocenters. The third kappa shape index (κ3) is 3.72. The van der Waals surface area contributed by atoms with Gasteiger partial charge in [0.25, 0.3) is 5.56 Å². The molecule has 0 saturated carbocycles. The van der Waals surface area contributed by atoms with Crippen LogP contribution in [0.2, 0.25) is 0 Å². The van der Waals surface area contributed by atoms with Gasteiger partial charge in [-0.05, 0) is 43.4 Å². The van der Waals surface area contributed by atoms with E-state index < -0.39 is 0 Å². The summed E-state index contributed by atoms with van der Waals surface area (Å²) in [7, 11) is 0. The van der Waals surface area contributed by atoms with Crippen molar-refractivity contribution in [2.24, 2.45) is 0 Å². The Hall–Kier alpha value is -2.53.